The van der Waals surface area contributed by atoms with E-state index in [4.69, 9.17) is 16.0 Å². The van der Waals surface area contributed by atoms with Gasteiger partial charge in [0.15, 0.2) is 0 Å². The molecule has 0 spiro atoms. The molecule has 0 amide bonds. The minimum Gasteiger partial charge on any atom is -0.411 e. The molecule has 0 N–H and O–H groups in total. The first kappa shape index (κ1) is 15.1. The van der Waals surface area contributed by atoms with Crippen molar-refractivity contribution in [3.05, 3.63) is 58.4 Å². The molecule has 0 bridgehead atoms. The fraction of sp³-hybridized carbons (Fsp3) is 0.188. The van der Waals surface area contributed by atoms with Gasteiger partial charge in [0.1, 0.15) is 5.15 Å². The molecular formula is C16H14ClN3OS. The lowest BCUT2D eigenvalue weighted by Crippen LogP contribution is -1.83. The summed E-state index contributed by atoms with van der Waals surface area (Å²) in [7, 11) is 0. The van der Waals surface area contributed by atoms with Gasteiger partial charge in [-0.25, -0.2) is 4.98 Å². The van der Waals surface area contributed by atoms with Gasteiger partial charge in [-0.1, -0.05) is 46.6 Å². The highest BCUT2D eigenvalue weighted by atomic mass is 35.5. The molecule has 4 nitrogen and oxygen atoms in total. The van der Waals surface area contributed by atoms with Gasteiger partial charge >= 0.3 is 0 Å². The predicted octanol–water partition coefficient (Wildman–Crippen LogP) is 4.69. The lowest BCUT2D eigenvalue weighted by Gasteiger charge is -2.00. The first-order valence-corrected chi connectivity index (χ1v) is 8.12. The molecule has 3 aromatic rings. The smallest absolute Gasteiger partial charge is 0.277 e. The molecular weight excluding hydrogens is 318 g/mol. The minimum atomic E-state index is 0.489. The van der Waals surface area contributed by atoms with Crippen molar-refractivity contribution in [2.45, 2.75) is 24.8 Å². The lowest BCUT2D eigenvalue weighted by molar-refractivity contribution is 0.466. The molecule has 2 aromatic heterocycles. The molecule has 0 unspecified atom stereocenters. The maximum Gasteiger partial charge on any atom is 0.277 e. The Labute approximate surface area is 137 Å². The number of aromatic nitrogens is 3. The number of hydrogen-bond donors (Lipinski definition) is 0. The fourth-order valence-electron chi connectivity index (χ4n) is 2.12. The molecule has 0 aliphatic heterocycles. The van der Waals surface area contributed by atoms with Crippen molar-refractivity contribution in [1.82, 2.24) is 15.2 Å². The molecule has 2 heterocycles. The van der Waals surface area contributed by atoms with Crippen LogP contribution < -0.4 is 0 Å². The number of aryl methyl sites for hydroxylation is 2. The summed E-state index contributed by atoms with van der Waals surface area (Å²) in [5.74, 6) is 1.25. The SMILES string of the molecule is Cc1cc(C)cc(-c2nnc(SCc3ccc(Cl)nc3)o2)c1. The van der Waals surface area contributed by atoms with Crippen LogP contribution in [0.5, 0.6) is 0 Å². The van der Waals surface area contributed by atoms with Gasteiger partial charge in [0.05, 0.1) is 0 Å². The van der Waals surface area contributed by atoms with Crippen molar-refractivity contribution in [3.8, 4) is 11.5 Å². The molecule has 0 atom stereocenters. The third-order valence-electron chi connectivity index (χ3n) is 3.03. The number of halogens is 1. The van der Waals surface area contributed by atoms with E-state index in [9.17, 15) is 0 Å². The van der Waals surface area contributed by atoms with E-state index in [0.717, 1.165) is 11.1 Å². The van der Waals surface area contributed by atoms with E-state index in [1.54, 1.807) is 12.3 Å². The Hall–Kier alpha value is -1.85. The molecule has 1 aromatic carbocycles. The maximum absolute atomic E-state index is 5.77. The second kappa shape index (κ2) is 6.50. The van der Waals surface area contributed by atoms with Crippen LogP contribution in [-0.4, -0.2) is 15.2 Å². The lowest BCUT2D eigenvalue weighted by atomic mass is 10.1. The second-order valence-electron chi connectivity index (χ2n) is 5.03. The number of pyridine rings is 1. The van der Waals surface area contributed by atoms with Crippen LogP contribution in [0.3, 0.4) is 0 Å². The highest BCUT2D eigenvalue weighted by Crippen LogP contribution is 2.26. The Morgan fingerprint density at radius 3 is 2.55 bits per heavy atom. The number of hydrogen-bond acceptors (Lipinski definition) is 5. The quantitative estimate of drug-likeness (QED) is 0.512. The van der Waals surface area contributed by atoms with Gasteiger partial charge in [0.25, 0.3) is 5.22 Å². The Balaban J connectivity index is 1.72. The molecule has 0 aliphatic carbocycles. The Bertz CT molecular complexity index is 766. The van der Waals surface area contributed by atoms with Gasteiger partial charge < -0.3 is 4.42 Å². The molecule has 0 saturated carbocycles. The Morgan fingerprint density at radius 1 is 1.09 bits per heavy atom. The van der Waals surface area contributed by atoms with Crippen LogP contribution in [-0.2, 0) is 5.75 Å². The monoisotopic (exact) mass is 331 g/mol. The van der Waals surface area contributed by atoms with E-state index >= 15 is 0 Å². The van der Waals surface area contributed by atoms with Crippen LogP contribution in [0.25, 0.3) is 11.5 Å². The molecule has 3 rings (SSSR count). The van der Waals surface area contributed by atoms with Crippen molar-refractivity contribution in [3.63, 3.8) is 0 Å². The number of rotatable bonds is 4. The number of thioether (sulfide) groups is 1. The molecule has 22 heavy (non-hydrogen) atoms. The predicted molar refractivity (Wildman–Crippen MR) is 88.0 cm³/mol. The number of nitrogens with zero attached hydrogens (tertiary/aromatic N) is 3. The highest BCUT2D eigenvalue weighted by molar-refractivity contribution is 7.98. The summed E-state index contributed by atoms with van der Waals surface area (Å²) in [4.78, 5) is 4.05. The Kier molecular flexibility index (Phi) is 4.45. The summed E-state index contributed by atoms with van der Waals surface area (Å²) in [5, 5.41) is 9.24. The zero-order valence-electron chi connectivity index (χ0n) is 12.2. The summed E-state index contributed by atoms with van der Waals surface area (Å²) in [6, 6.07) is 9.90. The third kappa shape index (κ3) is 3.67. The standard InChI is InChI=1S/C16H14ClN3OS/c1-10-5-11(2)7-13(6-10)15-19-20-16(21-15)22-9-12-3-4-14(17)18-8-12/h3-8H,9H2,1-2H3. The molecule has 0 aliphatic rings. The van der Waals surface area contributed by atoms with Crippen LogP contribution in [0.2, 0.25) is 5.15 Å². The Morgan fingerprint density at radius 2 is 1.86 bits per heavy atom. The van der Waals surface area contributed by atoms with Crippen molar-refractivity contribution >= 4 is 23.4 Å². The number of benzene rings is 1. The molecule has 112 valence electrons. The average molecular weight is 332 g/mol. The first-order chi connectivity index (χ1) is 10.6. The summed E-state index contributed by atoms with van der Waals surface area (Å²) >= 11 is 7.25. The van der Waals surface area contributed by atoms with Gasteiger partial charge in [-0.15, -0.1) is 10.2 Å². The molecule has 0 saturated heterocycles. The van der Waals surface area contributed by atoms with Crippen LogP contribution >= 0.6 is 23.4 Å². The zero-order valence-corrected chi connectivity index (χ0v) is 13.8. The maximum atomic E-state index is 5.77. The van der Waals surface area contributed by atoms with Crippen LogP contribution in [0, 0.1) is 13.8 Å². The van der Waals surface area contributed by atoms with Crippen LogP contribution in [0.15, 0.2) is 46.2 Å². The zero-order chi connectivity index (χ0) is 15.5. The van der Waals surface area contributed by atoms with Crippen molar-refractivity contribution < 1.29 is 4.42 Å². The van der Waals surface area contributed by atoms with E-state index in [0.29, 0.717) is 22.0 Å². The van der Waals surface area contributed by atoms with Gasteiger partial charge in [-0.3, -0.25) is 0 Å². The summed E-state index contributed by atoms with van der Waals surface area (Å²) in [6.45, 7) is 4.10. The largest absolute Gasteiger partial charge is 0.411 e. The van der Waals surface area contributed by atoms with Gasteiger partial charge in [-0.2, -0.15) is 0 Å². The fourth-order valence-corrected chi connectivity index (χ4v) is 2.93. The first-order valence-electron chi connectivity index (χ1n) is 6.75. The summed E-state index contributed by atoms with van der Waals surface area (Å²) < 4.78 is 5.72. The summed E-state index contributed by atoms with van der Waals surface area (Å²) in [5.41, 5.74) is 4.36. The van der Waals surface area contributed by atoms with Crippen LogP contribution in [0.1, 0.15) is 16.7 Å². The van der Waals surface area contributed by atoms with E-state index < -0.39 is 0 Å². The molecule has 0 radical (unpaired) electrons. The van der Waals surface area contributed by atoms with Gasteiger partial charge in [0.2, 0.25) is 5.89 Å². The van der Waals surface area contributed by atoms with E-state index in [1.165, 1.54) is 22.9 Å². The van der Waals surface area contributed by atoms with Gasteiger partial charge in [-0.05, 0) is 37.6 Å². The highest BCUT2D eigenvalue weighted by Gasteiger charge is 2.10. The van der Waals surface area contributed by atoms with Crippen molar-refractivity contribution in [1.29, 1.82) is 0 Å². The topological polar surface area (TPSA) is 51.8 Å². The van der Waals surface area contributed by atoms with E-state index in [2.05, 4.69) is 35.1 Å². The van der Waals surface area contributed by atoms with E-state index in [1.807, 2.05) is 18.2 Å². The van der Waals surface area contributed by atoms with Crippen molar-refractivity contribution in [2.24, 2.45) is 0 Å². The third-order valence-corrected chi connectivity index (χ3v) is 4.14. The van der Waals surface area contributed by atoms with Crippen molar-refractivity contribution in [2.75, 3.05) is 0 Å². The average Bonchev–Trinajstić information content (AvgIpc) is 2.95. The van der Waals surface area contributed by atoms with Crippen LogP contribution in [0.4, 0.5) is 0 Å². The molecule has 0 fully saturated rings. The van der Waals surface area contributed by atoms with Gasteiger partial charge in [0, 0.05) is 17.5 Å². The summed E-state index contributed by atoms with van der Waals surface area (Å²) in [6.07, 6.45) is 1.75. The van der Waals surface area contributed by atoms with E-state index in [-0.39, 0.29) is 0 Å². The minimum absolute atomic E-state index is 0.489. The second-order valence-corrected chi connectivity index (χ2v) is 6.34. The molecule has 6 heteroatoms. The normalized spacial score (nSPS) is 10.9.